The first-order chi connectivity index (χ1) is 11.0. The van der Waals surface area contributed by atoms with Crippen LogP contribution in [0.4, 0.5) is 0 Å². The fourth-order valence-corrected chi connectivity index (χ4v) is 2.22. The van der Waals surface area contributed by atoms with Gasteiger partial charge in [-0.05, 0) is 36.8 Å². The van der Waals surface area contributed by atoms with Crippen LogP contribution in [0.1, 0.15) is 29.0 Å². The number of pyridine rings is 1. The van der Waals surface area contributed by atoms with Gasteiger partial charge in [-0.1, -0.05) is 35.3 Å². The van der Waals surface area contributed by atoms with Crippen LogP contribution in [0.5, 0.6) is 0 Å². The number of halogens is 2. The van der Waals surface area contributed by atoms with Gasteiger partial charge in [-0.25, -0.2) is 9.78 Å². The summed E-state index contributed by atoms with van der Waals surface area (Å²) < 4.78 is 4.91. The highest BCUT2D eigenvalue weighted by Gasteiger charge is 2.14. The van der Waals surface area contributed by atoms with Crippen molar-refractivity contribution in [2.45, 2.75) is 13.0 Å². The summed E-state index contributed by atoms with van der Waals surface area (Å²) in [6.07, 6.45) is 1.39. The molecule has 0 saturated heterocycles. The van der Waals surface area contributed by atoms with Gasteiger partial charge in [0.25, 0.3) is 5.91 Å². The highest BCUT2D eigenvalue weighted by atomic mass is 35.5. The Labute approximate surface area is 143 Å². The molecule has 1 N–H and O–H groups in total. The van der Waals surface area contributed by atoms with E-state index in [4.69, 9.17) is 27.9 Å². The van der Waals surface area contributed by atoms with Crippen molar-refractivity contribution in [2.24, 2.45) is 0 Å². The minimum atomic E-state index is -0.710. The summed E-state index contributed by atoms with van der Waals surface area (Å²) in [5.74, 6) is -1.13. The predicted molar refractivity (Wildman–Crippen MR) is 87.5 cm³/mol. The van der Waals surface area contributed by atoms with Crippen molar-refractivity contribution in [3.05, 3.63) is 63.9 Å². The van der Waals surface area contributed by atoms with Crippen molar-refractivity contribution in [3.63, 3.8) is 0 Å². The van der Waals surface area contributed by atoms with E-state index in [1.807, 2.05) is 13.0 Å². The van der Waals surface area contributed by atoms with Crippen LogP contribution < -0.4 is 5.32 Å². The number of ether oxygens (including phenoxy) is 1. The average molecular weight is 353 g/mol. The molecule has 7 heteroatoms. The molecule has 1 aromatic heterocycles. The second-order valence-electron chi connectivity index (χ2n) is 4.78. The highest BCUT2D eigenvalue weighted by molar-refractivity contribution is 6.31. The van der Waals surface area contributed by atoms with Crippen molar-refractivity contribution < 1.29 is 14.3 Å². The van der Waals surface area contributed by atoms with Gasteiger partial charge in [0, 0.05) is 16.2 Å². The fraction of sp³-hybridized carbons (Fsp3) is 0.188. The number of carbonyl (C=O) groups is 2. The molecule has 0 unspecified atom stereocenters. The second-order valence-corrected chi connectivity index (χ2v) is 5.65. The number of amides is 1. The molecule has 0 bridgehead atoms. The molecule has 1 heterocycles. The fourth-order valence-electron chi connectivity index (χ4n) is 1.86. The zero-order valence-corrected chi connectivity index (χ0v) is 13.8. The lowest BCUT2D eigenvalue weighted by molar-refractivity contribution is -0.124. The van der Waals surface area contributed by atoms with Crippen LogP contribution >= 0.6 is 23.2 Å². The van der Waals surface area contributed by atoms with Gasteiger partial charge in [-0.15, -0.1) is 0 Å². The predicted octanol–water partition coefficient (Wildman–Crippen LogP) is 3.42. The molecule has 2 rings (SSSR count). The second kappa shape index (κ2) is 7.94. The molecule has 0 saturated carbocycles. The number of aromatic nitrogens is 1. The van der Waals surface area contributed by atoms with Crippen LogP contribution in [0, 0.1) is 0 Å². The summed E-state index contributed by atoms with van der Waals surface area (Å²) in [7, 11) is 0. The Morgan fingerprint density at radius 2 is 1.96 bits per heavy atom. The van der Waals surface area contributed by atoms with Gasteiger partial charge < -0.3 is 10.1 Å². The van der Waals surface area contributed by atoms with E-state index >= 15 is 0 Å². The molecule has 0 aliphatic rings. The van der Waals surface area contributed by atoms with E-state index in [9.17, 15) is 9.59 Å². The third-order valence-electron chi connectivity index (χ3n) is 2.99. The lowest BCUT2D eigenvalue weighted by atomic mass is 10.1. The summed E-state index contributed by atoms with van der Waals surface area (Å²) in [4.78, 5) is 27.4. The molecule has 1 amide bonds. The third-order valence-corrected chi connectivity index (χ3v) is 3.46. The standard InChI is InChI=1S/C16H14Cl2N2O3/c1-10(11-3-2-4-12(17)7-11)20-15(21)9-23-16(22)14-8-13(18)5-6-19-14/h2-8,10H,9H2,1H3,(H,20,21)/t10-/m1/s1. The van der Waals surface area contributed by atoms with Crippen LogP contribution in [-0.4, -0.2) is 23.5 Å². The molecule has 23 heavy (non-hydrogen) atoms. The van der Waals surface area contributed by atoms with Crippen LogP contribution in [0.25, 0.3) is 0 Å². The molecule has 0 aliphatic heterocycles. The first-order valence-corrected chi connectivity index (χ1v) is 7.55. The van der Waals surface area contributed by atoms with Gasteiger partial charge >= 0.3 is 5.97 Å². The molecule has 0 fully saturated rings. The van der Waals surface area contributed by atoms with Crippen molar-refractivity contribution in [3.8, 4) is 0 Å². The molecule has 1 aromatic carbocycles. The van der Waals surface area contributed by atoms with Gasteiger partial charge in [-0.3, -0.25) is 4.79 Å². The van der Waals surface area contributed by atoms with Crippen molar-refractivity contribution in [1.82, 2.24) is 10.3 Å². The topological polar surface area (TPSA) is 68.3 Å². The summed E-state index contributed by atoms with van der Waals surface area (Å²) in [6.45, 7) is 1.40. The van der Waals surface area contributed by atoms with E-state index in [2.05, 4.69) is 10.3 Å². The van der Waals surface area contributed by atoms with E-state index in [-0.39, 0.29) is 11.7 Å². The van der Waals surface area contributed by atoms with Crippen LogP contribution in [-0.2, 0) is 9.53 Å². The first-order valence-electron chi connectivity index (χ1n) is 6.79. The lowest BCUT2D eigenvalue weighted by Crippen LogP contribution is -2.31. The van der Waals surface area contributed by atoms with Gasteiger partial charge in [0.15, 0.2) is 6.61 Å². The number of rotatable bonds is 5. The Morgan fingerprint density at radius 3 is 2.65 bits per heavy atom. The molecule has 120 valence electrons. The smallest absolute Gasteiger partial charge is 0.357 e. The monoisotopic (exact) mass is 352 g/mol. The number of esters is 1. The minimum absolute atomic E-state index is 0.0492. The lowest BCUT2D eigenvalue weighted by Gasteiger charge is -2.14. The zero-order chi connectivity index (χ0) is 16.8. The van der Waals surface area contributed by atoms with E-state index in [1.165, 1.54) is 18.3 Å². The summed E-state index contributed by atoms with van der Waals surface area (Å²) in [6, 6.07) is 9.80. The quantitative estimate of drug-likeness (QED) is 0.837. The maximum Gasteiger partial charge on any atom is 0.357 e. The largest absolute Gasteiger partial charge is 0.451 e. The molecule has 1 atom stereocenters. The van der Waals surface area contributed by atoms with Gasteiger partial charge in [0.1, 0.15) is 5.69 Å². The van der Waals surface area contributed by atoms with E-state index in [1.54, 1.807) is 18.2 Å². The molecule has 5 nitrogen and oxygen atoms in total. The maximum absolute atomic E-state index is 11.8. The third kappa shape index (κ3) is 5.23. The van der Waals surface area contributed by atoms with Gasteiger partial charge in [0.2, 0.25) is 0 Å². The van der Waals surface area contributed by atoms with E-state index in [0.29, 0.717) is 10.0 Å². The van der Waals surface area contributed by atoms with Gasteiger partial charge in [0.05, 0.1) is 6.04 Å². The Morgan fingerprint density at radius 1 is 1.22 bits per heavy atom. The minimum Gasteiger partial charge on any atom is -0.451 e. The SMILES string of the molecule is C[C@@H](NC(=O)COC(=O)c1cc(Cl)ccn1)c1cccc(Cl)c1. The highest BCUT2D eigenvalue weighted by Crippen LogP contribution is 2.17. The normalized spacial score (nSPS) is 11.6. The molecule has 2 aromatic rings. The molecular weight excluding hydrogens is 339 g/mol. The molecule has 0 radical (unpaired) electrons. The molecule has 0 spiro atoms. The van der Waals surface area contributed by atoms with E-state index < -0.39 is 18.5 Å². The summed E-state index contributed by atoms with van der Waals surface area (Å²) >= 11 is 11.7. The number of hydrogen-bond acceptors (Lipinski definition) is 4. The zero-order valence-electron chi connectivity index (χ0n) is 12.3. The number of hydrogen-bond donors (Lipinski definition) is 1. The number of carbonyl (C=O) groups excluding carboxylic acids is 2. The summed E-state index contributed by atoms with van der Waals surface area (Å²) in [5, 5.41) is 3.67. The maximum atomic E-state index is 11.8. The number of benzene rings is 1. The van der Waals surface area contributed by atoms with Crippen LogP contribution in [0.15, 0.2) is 42.6 Å². The van der Waals surface area contributed by atoms with Gasteiger partial charge in [-0.2, -0.15) is 0 Å². The summed E-state index contributed by atoms with van der Waals surface area (Å²) in [5.41, 5.74) is 0.905. The Kier molecular flexibility index (Phi) is 5.96. The first kappa shape index (κ1) is 17.2. The number of nitrogens with one attached hydrogen (secondary N) is 1. The molecular formula is C16H14Cl2N2O3. The molecule has 0 aliphatic carbocycles. The Hall–Kier alpha value is -2.11. The van der Waals surface area contributed by atoms with Crippen molar-refractivity contribution >= 4 is 35.1 Å². The van der Waals surface area contributed by atoms with Crippen molar-refractivity contribution in [1.29, 1.82) is 0 Å². The Bertz CT molecular complexity index is 722. The van der Waals surface area contributed by atoms with E-state index in [0.717, 1.165) is 5.56 Å². The van der Waals surface area contributed by atoms with Crippen LogP contribution in [0.3, 0.4) is 0 Å². The van der Waals surface area contributed by atoms with Crippen molar-refractivity contribution in [2.75, 3.05) is 6.61 Å². The average Bonchev–Trinajstić information content (AvgIpc) is 2.52. The number of nitrogens with zero attached hydrogens (tertiary/aromatic N) is 1. The Balaban J connectivity index is 1.86. The van der Waals surface area contributed by atoms with Crippen LogP contribution in [0.2, 0.25) is 10.0 Å².